The van der Waals surface area contributed by atoms with Crippen molar-refractivity contribution >= 4 is 76.6 Å². The third-order valence-electron chi connectivity index (χ3n) is 11.2. The predicted octanol–water partition coefficient (Wildman–Crippen LogP) is 5.56. The van der Waals surface area contributed by atoms with Crippen LogP contribution in [-0.4, -0.2) is 177 Å². The Morgan fingerprint density at radius 3 is 1.49 bits per heavy atom. The number of ketones is 2. The maximum absolute atomic E-state index is 12.3. The fourth-order valence-corrected chi connectivity index (χ4v) is 8.26. The quantitative estimate of drug-likeness (QED) is 0.0346. The van der Waals surface area contributed by atoms with E-state index in [4.69, 9.17) is 34.9 Å². The number of rotatable bonds is 52. The highest BCUT2D eigenvalue weighted by Crippen LogP contribution is 2.15. The van der Waals surface area contributed by atoms with E-state index in [1.54, 1.807) is 18.7 Å². The molecular weight excluding hydrogens is 1010 g/mol. The van der Waals surface area contributed by atoms with Crippen molar-refractivity contribution in [3.05, 3.63) is 0 Å². The minimum absolute atomic E-state index is 0. The first-order valence-electron chi connectivity index (χ1n) is 26.5. The molecule has 21 nitrogen and oxygen atoms in total. The van der Waals surface area contributed by atoms with Crippen molar-refractivity contribution in [2.45, 2.75) is 175 Å². The van der Waals surface area contributed by atoms with Crippen LogP contribution in [0.2, 0.25) is 0 Å². The third kappa shape index (κ3) is 54.7. The fourth-order valence-electron chi connectivity index (χ4n) is 6.70. The van der Waals surface area contributed by atoms with Crippen molar-refractivity contribution in [2.75, 3.05) is 96.0 Å². The maximum Gasteiger partial charge on any atom is 0.326 e. The van der Waals surface area contributed by atoms with Crippen LogP contribution in [0.1, 0.15) is 163 Å². The van der Waals surface area contributed by atoms with Crippen molar-refractivity contribution in [3.63, 3.8) is 0 Å². The summed E-state index contributed by atoms with van der Waals surface area (Å²) in [5, 5.41) is 37.7. The van der Waals surface area contributed by atoms with Gasteiger partial charge in [0.15, 0.2) is 0 Å². The standard InChI is InChI=1S/C45H80N4O15S.C6H13NOS.CH4/c1-2-36(44(57)58)34-65-35-42(54)47-24-23-46-40(52)32-64-31-29-62-27-25-48-41(53)33-63-30-28-61-26-17-18-37(50)21-22-38(45(59)60)49-39(51)19-15-13-11-9-7-5-3-4-6-8-10-12-14-16-20-43(55)56;1-5(8)6(7)3-4-9-2;/h36,38H,2-35H2,1H3,(H,46,52)(H,47,54)(H,48,53)(H,49,51)(H,55,56)(H,57,58)(H,59,60);6H,3-4,7H2,1-2H3;1H4/t36-,38-;6-;/m00./s1. The summed E-state index contributed by atoms with van der Waals surface area (Å²) in [7, 11) is 0. The molecule has 9 N–H and O–H groups in total. The third-order valence-corrected chi connectivity index (χ3v) is 13.0. The molecule has 3 atom stereocenters. The van der Waals surface area contributed by atoms with Crippen LogP contribution in [0.4, 0.5) is 0 Å². The molecule has 0 radical (unpaired) electrons. The normalized spacial score (nSPS) is 11.9. The van der Waals surface area contributed by atoms with Gasteiger partial charge in [-0.2, -0.15) is 23.5 Å². The van der Waals surface area contributed by atoms with E-state index < -0.39 is 29.9 Å². The molecule has 0 fully saturated rings. The Morgan fingerprint density at radius 2 is 1.01 bits per heavy atom. The predicted molar refractivity (Wildman–Crippen MR) is 294 cm³/mol. The number of carbonyl (C=O) groups is 9. The number of Topliss-reactive ketones (excluding diaryl/α,β-unsaturated/α-hetero) is 2. The van der Waals surface area contributed by atoms with Gasteiger partial charge in [0.05, 0.1) is 50.7 Å². The van der Waals surface area contributed by atoms with Crippen LogP contribution in [0.25, 0.3) is 0 Å². The molecule has 4 amide bonds. The molecule has 0 saturated heterocycles. The van der Waals surface area contributed by atoms with E-state index in [0.717, 1.165) is 50.7 Å². The van der Waals surface area contributed by atoms with Gasteiger partial charge in [0.2, 0.25) is 23.6 Å². The zero-order chi connectivity index (χ0) is 55.5. The zero-order valence-corrected chi connectivity index (χ0v) is 46.4. The lowest BCUT2D eigenvalue weighted by Crippen LogP contribution is -2.41. The van der Waals surface area contributed by atoms with Crippen LogP contribution in [0.3, 0.4) is 0 Å². The Kier molecular flexibility index (Phi) is 55.2. The number of amides is 4. The van der Waals surface area contributed by atoms with E-state index in [-0.39, 0.29) is 152 Å². The molecule has 438 valence electrons. The number of ether oxygens (including phenoxy) is 4. The van der Waals surface area contributed by atoms with Gasteiger partial charge in [-0.25, -0.2) is 4.79 Å². The highest BCUT2D eigenvalue weighted by atomic mass is 32.2. The number of unbranched alkanes of at least 4 members (excludes halogenated alkanes) is 13. The lowest BCUT2D eigenvalue weighted by Gasteiger charge is -2.14. The number of hydrogen-bond donors (Lipinski definition) is 8. The molecule has 0 aliphatic rings. The first-order chi connectivity index (χ1) is 35.5. The summed E-state index contributed by atoms with van der Waals surface area (Å²) < 4.78 is 21.4. The summed E-state index contributed by atoms with van der Waals surface area (Å²) in [5.41, 5.74) is 5.44. The first-order valence-corrected chi connectivity index (χ1v) is 29.0. The van der Waals surface area contributed by atoms with E-state index in [1.165, 1.54) is 63.6 Å². The van der Waals surface area contributed by atoms with Crippen molar-refractivity contribution in [1.82, 2.24) is 21.3 Å². The molecule has 0 aromatic carbocycles. The van der Waals surface area contributed by atoms with Gasteiger partial charge >= 0.3 is 17.9 Å². The van der Waals surface area contributed by atoms with Crippen LogP contribution in [0.15, 0.2) is 0 Å². The first kappa shape index (κ1) is 75.4. The molecule has 75 heavy (non-hydrogen) atoms. The molecule has 0 rings (SSSR count). The average Bonchev–Trinajstić information content (AvgIpc) is 3.35. The lowest BCUT2D eigenvalue weighted by molar-refractivity contribution is -0.142. The second-order valence-corrected chi connectivity index (χ2v) is 19.8. The Balaban J connectivity index is -0.00000470. The van der Waals surface area contributed by atoms with Gasteiger partial charge in [0.1, 0.15) is 30.8 Å². The number of carboxylic acids is 3. The van der Waals surface area contributed by atoms with Gasteiger partial charge in [-0.15, -0.1) is 0 Å². The van der Waals surface area contributed by atoms with Gasteiger partial charge < -0.3 is 61.3 Å². The summed E-state index contributed by atoms with van der Waals surface area (Å²) >= 11 is 2.97. The Morgan fingerprint density at radius 1 is 0.533 bits per heavy atom. The molecule has 0 saturated carbocycles. The fraction of sp³-hybridized carbons (Fsp3) is 0.827. The number of hydrogen-bond acceptors (Lipinski definition) is 16. The SMILES string of the molecule is C.CC[C@@H](CSCC(=O)NCCNC(=O)COCCOCCNC(=O)COCCOCCCC(=O)CC[C@H](NC(=O)CCCCCCCCCCCCCCCCC(=O)O)C(=O)O)C(=O)O.CSCC[C@H](N)C(C)=O. The van der Waals surface area contributed by atoms with Crippen LogP contribution < -0.4 is 27.0 Å². The summed E-state index contributed by atoms with van der Waals surface area (Å²) in [6, 6.07) is -1.35. The van der Waals surface area contributed by atoms with Crippen LogP contribution in [0.5, 0.6) is 0 Å². The molecule has 0 aliphatic carbocycles. The van der Waals surface area contributed by atoms with E-state index in [2.05, 4.69) is 21.3 Å². The van der Waals surface area contributed by atoms with Crippen molar-refractivity contribution in [2.24, 2.45) is 11.7 Å². The molecule has 23 heteroatoms. The zero-order valence-electron chi connectivity index (χ0n) is 44.7. The van der Waals surface area contributed by atoms with Gasteiger partial charge in [-0.3, -0.25) is 38.4 Å². The Hall–Kier alpha value is -3.87. The van der Waals surface area contributed by atoms with E-state index in [9.17, 15) is 48.3 Å². The highest BCUT2D eigenvalue weighted by Gasteiger charge is 2.21. The van der Waals surface area contributed by atoms with Gasteiger partial charge in [0, 0.05) is 57.7 Å². The van der Waals surface area contributed by atoms with Gasteiger partial charge in [-0.1, -0.05) is 91.4 Å². The van der Waals surface area contributed by atoms with Gasteiger partial charge in [-0.05, 0) is 57.5 Å². The number of carbonyl (C=O) groups excluding carboxylic acids is 6. The average molecular weight is 1110 g/mol. The summed E-state index contributed by atoms with van der Waals surface area (Å²) in [6.45, 7) is 4.99. The molecule has 0 aliphatic heterocycles. The van der Waals surface area contributed by atoms with E-state index >= 15 is 0 Å². The molecule has 0 bridgehead atoms. The lowest BCUT2D eigenvalue weighted by atomic mass is 10.0. The second-order valence-electron chi connectivity index (χ2n) is 17.8. The number of carboxylic acid groups (broad SMARTS) is 3. The summed E-state index contributed by atoms with van der Waals surface area (Å²) in [6.07, 6.45) is 19.6. The second kappa shape index (κ2) is 54.9. The maximum atomic E-state index is 12.3. The smallest absolute Gasteiger partial charge is 0.326 e. The molecule has 0 aromatic rings. The molecule has 0 aromatic heterocycles. The van der Waals surface area contributed by atoms with Crippen molar-refractivity contribution in [1.29, 1.82) is 0 Å². The highest BCUT2D eigenvalue weighted by molar-refractivity contribution is 8.00. The van der Waals surface area contributed by atoms with Crippen molar-refractivity contribution in [3.8, 4) is 0 Å². The Bertz CT molecular complexity index is 1530. The van der Waals surface area contributed by atoms with Crippen LogP contribution in [0, 0.1) is 5.92 Å². The number of aliphatic carboxylic acids is 3. The summed E-state index contributed by atoms with van der Waals surface area (Å²) in [4.78, 5) is 104. The van der Waals surface area contributed by atoms with Gasteiger partial charge in [0.25, 0.3) is 0 Å². The van der Waals surface area contributed by atoms with Crippen LogP contribution in [-0.2, 0) is 62.1 Å². The number of nitrogens with two attached hydrogens (primary N) is 1. The monoisotopic (exact) mass is 1110 g/mol. The largest absolute Gasteiger partial charge is 0.481 e. The Labute approximate surface area is 455 Å². The molecule has 0 spiro atoms. The van der Waals surface area contributed by atoms with Crippen LogP contribution >= 0.6 is 23.5 Å². The number of thioether (sulfide) groups is 2. The van der Waals surface area contributed by atoms with E-state index in [0.29, 0.717) is 31.6 Å². The number of nitrogens with one attached hydrogen (secondary N) is 4. The van der Waals surface area contributed by atoms with E-state index in [1.807, 2.05) is 6.26 Å². The molecule has 0 heterocycles. The summed E-state index contributed by atoms with van der Waals surface area (Å²) in [5.74, 6) is -3.03. The molecular formula is C52H97N5O16S2. The molecule has 0 unspecified atom stereocenters. The minimum atomic E-state index is -1.16. The topological polar surface area (TPSA) is 325 Å². The minimum Gasteiger partial charge on any atom is -0.481 e. The van der Waals surface area contributed by atoms with Crippen molar-refractivity contribution < 1.29 is 77.4 Å².